The van der Waals surface area contributed by atoms with E-state index >= 15 is 0 Å². The summed E-state index contributed by atoms with van der Waals surface area (Å²) in [5.74, 6) is 0.921. The van der Waals surface area contributed by atoms with Crippen molar-refractivity contribution in [1.29, 1.82) is 0 Å². The van der Waals surface area contributed by atoms with E-state index in [1.807, 2.05) is 0 Å². The van der Waals surface area contributed by atoms with Gasteiger partial charge >= 0.3 is 0 Å². The van der Waals surface area contributed by atoms with Crippen LogP contribution in [0.5, 0.6) is 0 Å². The number of hydrogen-bond acceptors (Lipinski definition) is 3. The van der Waals surface area contributed by atoms with Gasteiger partial charge in [0.1, 0.15) is 6.61 Å². The number of amides is 1. The lowest BCUT2D eigenvalue weighted by Crippen LogP contribution is -2.36. The molecule has 4 heteroatoms. The maximum absolute atomic E-state index is 11.4. The van der Waals surface area contributed by atoms with Crippen LogP contribution in [0.4, 0.5) is 0 Å². The van der Waals surface area contributed by atoms with Crippen LogP contribution in [0.1, 0.15) is 32.1 Å². The maximum atomic E-state index is 11.4. The Kier molecular flexibility index (Phi) is 4.60. The Hall–Kier alpha value is -0.610. The normalized spacial score (nSPS) is 22.0. The Morgan fingerprint density at radius 3 is 2.69 bits per heavy atom. The average molecular weight is 226 g/mol. The monoisotopic (exact) mass is 226 g/mol. The maximum Gasteiger partial charge on any atom is 0.246 e. The van der Waals surface area contributed by atoms with E-state index < -0.39 is 0 Å². The molecule has 0 aromatic rings. The van der Waals surface area contributed by atoms with Crippen LogP contribution in [-0.4, -0.2) is 38.3 Å². The Morgan fingerprint density at radius 2 is 2.00 bits per heavy atom. The molecule has 1 aliphatic heterocycles. The highest BCUT2D eigenvalue weighted by molar-refractivity contribution is 5.77. The minimum absolute atomic E-state index is 0.0409. The van der Waals surface area contributed by atoms with Gasteiger partial charge in [-0.1, -0.05) is 12.8 Å². The molecule has 2 N–H and O–H groups in total. The van der Waals surface area contributed by atoms with Gasteiger partial charge in [-0.05, 0) is 38.3 Å². The summed E-state index contributed by atoms with van der Waals surface area (Å²) in [6.07, 6.45) is 6.16. The predicted molar refractivity (Wildman–Crippen MR) is 62.2 cm³/mol. The molecule has 2 rings (SSSR count). The van der Waals surface area contributed by atoms with Crippen molar-refractivity contribution in [3.05, 3.63) is 0 Å². The van der Waals surface area contributed by atoms with Crippen molar-refractivity contribution in [1.82, 2.24) is 10.6 Å². The SMILES string of the molecule is O=C(COC1CCNCC1)NCCC1CC1. The van der Waals surface area contributed by atoms with Gasteiger partial charge in [0, 0.05) is 6.54 Å². The predicted octanol–water partition coefficient (Wildman–Crippen LogP) is 0.671. The number of hydrogen-bond donors (Lipinski definition) is 2. The first-order chi connectivity index (χ1) is 7.84. The zero-order chi connectivity index (χ0) is 11.2. The quantitative estimate of drug-likeness (QED) is 0.700. The van der Waals surface area contributed by atoms with E-state index in [2.05, 4.69) is 10.6 Å². The van der Waals surface area contributed by atoms with E-state index in [1.165, 1.54) is 12.8 Å². The van der Waals surface area contributed by atoms with E-state index in [0.29, 0.717) is 0 Å². The summed E-state index contributed by atoms with van der Waals surface area (Å²) in [6.45, 7) is 3.07. The summed E-state index contributed by atoms with van der Waals surface area (Å²) in [5.41, 5.74) is 0. The molecule has 0 radical (unpaired) electrons. The second kappa shape index (κ2) is 6.21. The lowest BCUT2D eigenvalue weighted by Gasteiger charge is -2.22. The molecular formula is C12H22N2O2. The van der Waals surface area contributed by atoms with Gasteiger partial charge in [0.2, 0.25) is 5.91 Å². The van der Waals surface area contributed by atoms with Crippen molar-refractivity contribution < 1.29 is 9.53 Å². The van der Waals surface area contributed by atoms with Crippen molar-refractivity contribution in [3.63, 3.8) is 0 Å². The Balaban J connectivity index is 1.48. The molecular weight excluding hydrogens is 204 g/mol. The molecule has 0 atom stereocenters. The molecule has 0 bridgehead atoms. The summed E-state index contributed by atoms with van der Waals surface area (Å²) in [7, 11) is 0. The number of ether oxygens (including phenoxy) is 1. The third-order valence-electron chi connectivity index (χ3n) is 3.31. The number of rotatable bonds is 6. The van der Waals surface area contributed by atoms with Crippen LogP contribution in [0.2, 0.25) is 0 Å². The van der Waals surface area contributed by atoms with Gasteiger partial charge in [-0.15, -0.1) is 0 Å². The van der Waals surface area contributed by atoms with E-state index in [0.717, 1.165) is 44.8 Å². The molecule has 0 unspecified atom stereocenters. The van der Waals surface area contributed by atoms with Crippen molar-refractivity contribution in [3.8, 4) is 0 Å². The van der Waals surface area contributed by atoms with Gasteiger partial charge in [0.25, 0.3) is 0 Å². The van der Waals surface area contributed by atoms with Crippen molar-refractivity contribution in [2.45, 2.75) is 38.2 Å². The van der Waals surface area contributed by atoms with Gasteiger partial charge in [0.05, 0.1) is 6.10 Å². The van der Waals surface area contributed by atoms with Crippen molar-refractivity contribution in [2.24, 2.45) is 5.92 Å². The highest BCUT2D eigenvalue weighted by atomic mass is 16.5. The first-order valence-electron chi connectivity index (χ1n) is 6.43. The molecule has 1 saturated carbocycles. The van der Waals surface area contributed by atoms with E-state index in [-0.39, 0.29) is 18.6 Å². The average Bonchev–Trinajstić information content (AvgIpc) is 3.12. The van der Waals surface area contributed by atoms with Crippen LogP contribution in [-0.2, 0) is 9.53 Å². The molecule has 0 aromatic heterocycles. The number of nitrogens with one attached hydrogen (secondary N) is 2. The fraction of sp³-hybridized carbons (Fsp3) is 0.917. The van der Waals surface area contributed by atoms with E-state index in [4.69, 9.17) is 4.74 Å². The molecule has 1 aliphatic carbocycles. The lowest BCUT2D eigenvalue weighted by atomic mass is 10.1. The minimum atomic E-state index is 0.0409. The molecule has 1 amide bonds. The lowest BCUT2D eigenvalue weighted by molar-refractivity contribution is -0.128. The standard InChI is InChI=1S/C12H22N2O2/c15-12(14-8-3-10-1-2-10)9-16-11-4-6-13-7-5-11/h10-11,13H,1-9H2,(H,14,15). The van der Waals surface area contributed by atoms with Crippen LogP contribution in [0.3, 0.4) is 0 Å². The van der Waals surface area contributed by atoms with E-state index in [9.17, 15) is 4.79 Å². The van der Waals surface area contributed by atoms with E-state index in [1.54, 1.807) is 0 Å². The molecule has 4 nitrogen and oxygen atoms in total. The van der Waals surface area contributed by atoms with Crippen LogP contribution >= 0.6 is 0 Å². The summed E-state index contributed by atoms with van der Waals surface area (Å²) in [6, 6.07) is 0. The Morgan fingerprint density at radius 1 is 1.25 bits per heavy atom. The molecule has 16 heavy (non-hydrogen) atoms. The molecule has 1 heterocycles. The van der Waals surface area contributed by atoms with Gasteiger partial charge in [-0.2, -0.15) is 0 Å². The highest BCUT2D eigenvalue weighted by Crippen LogP contribution is 2.31. The third kappa shape index (κ3) is 4.49. The van der Waals surface area contributed by atoms with Gasteiger partial charge in [-0.3, -0.25) is 4.79 Å². The van der Waals surface area contributed by atoms with Crippen LogP contribution in [0.25, 0.3) is 0 Å². The topological polar surface area (TPSA) is 50.4 Å². The van der Waals surface area contributed by atoms with Gasteiger partial charge in [0.15, 0.2) is 0 Å². The molecule has 2 aliphatic rings. The van der Waals surface area contributed by atoms with Gasteiger partial charge in [-0.25, -0.2) is 0 Å². The van der Waals surface area contributed by atoms with Crippen molar-refractivity contribution in [2.75, 3.05) is 26.2 Å². The fourth-order valence-electron chi connectivity index (χ4n) is 2.03. The zero-order valence-electron chi connectivity index (χ0n) is 9.84. The smallest absolute Gasteiger partial charge is 0.246 e. The summed E-state index contributed by atoms with van der Waals surface area (Å²) in [5, 5.41) is 6.19. The molecule has 0 spiro atoms. The summed E-state index contributed by atoms with van der Waals surface area (Å²) < 4.78 is 5.57. The minimum Gasteiger partial charge on any atom is -0.368 e. The van der Waals surface area contributed by atoms with Crippen LogP contribution < -0.4 is 10.6 Å². The molecule has 92 valence electrons. The molecule has 0 aromatic carbocycles. The molecule has 2 fully saturated rings. The van der Waals surface area contributed by atoms with Crippen LogP contribution in [0, 0.1) is 5.92 Å². The van der Waals surface area contributed by atoms with Crippen LogP contribution in [0.15, 0.2) is 0 Å². The van der Waals surface area contributed by atoms with Gasteiger partial charge < -0.3 is 15.4 Å². The largest absolute Gasteiger partial charge is 0.368 e. The Labute approximate surface area is 97.1 Å². The highest BCUT2D eigenvalue weighted by Gasteiger charge is 2.20. The second-order valence-corrected chi connectivity index (χ2v) is 4.84. The summed E-state index contributed by atoms with van der Waals surface area (Å²) in [4.78, 5) is 11.4. The first-order valence-corrected chi connectivity index (χ1v) is 6.43. The number of carbonyl (C=O) groups excluding carboxylic acids is 1. The first kappa shape index (κ1) is 11.9. The third-order valence-corrected chi connectivity index (χ3v) is 3.31. The second-order valence-electron chi connectivity index (χ2n) is 4.84. The zero-order valence-corrected chi connectivity index (χ0v) is 9.84. The fourth-order valence-corrected chi connectivity index (χ4v) is 2.03. The molecule has 1 saturated heterocycles. The number of carbonyl (C=O) groups is 1. The Bertz CT molecular complexity index is 223. The number of piperidine rings is 1. The van der Waals surface area contributed by atoms with Crippen molar-refractivity contribution >= 4 is 5.91 Å². The summed E-state index contributed by atoms with van der Waals surface area (Å²) >= 11 is 0.